The number of ether oxygens (including phenoxy) is 1. The Hall–Kier alpha value is -1.59. The number of hydrogen-bond donors (Lipinski definition) is 1. The second kappa shape index (κ2) is 6.89. The number of aromatic nitrogens is 1. The van der Waals surface area contributed by atoms with Crippen LogP contribution in [-0.2, 0) is 11.3 Å². The van der Waals surface area contributed by atoms with Crippen molar-refractivity contribution in [1.29, 1.82) is 0 Å². The molecule has 0 aliphatic carbocycles. The molecule has 2 aromatic rings. The van der Waals surface area contributed by atoms with E-state index in [0.717, 1.165) is 42.9 Å². The third-order valence-corrected chi connectivity index (χ3v) is 5.45. The summed E-state index contributed by atoms with van der Waals surface area (Å²) in [5.41, 5.74) is 2.91. The second-order valence-electron chi connectivity index (χ2n) is 6.26. The highest BCUT2D eigenvalue weighted by Gasteiger charge is 2.25. The molecule has 0 saturated carbocycles. The van der Waals surface area contributed by atoms with Gasteiger partial charge < -0.3 is 14.6 Å². The minimum atomic E-state index is -0.00136. The van der Waals surface area contributed by atoms with E-state index in [4.69, 9.17) is 4.74 Å². The molecule has 0 spiro atoms. The topological polar surface area (TPSA) is 43.3 Å². The lowest BCUT2D eigenvalue weighted by Gasteiger charge is -2.20. The Balaban J connectivity index is 1.73. The lowest BCUT2D eigenvalue weighted by atomic mass is 10.1. The molecule has 0 aromatic carbocycles. The highest BCUT2D eigenvalue weighted by atomic mass is 32.1. The van der Waals surface area contributed by atoms with Gasteiger partial charge in [0.15, 0.2) is 0 Å². The smallest absolute Gasteiger partial charge is 0.253 e. The van der Waals surface area contributed by atoms with Crippen LogP contribution in [0.5, 0.6) is 0 Å². The second-order valence-corrected chi connectivity index (χ2v) is 7.30. The molecule has 1 saturated heterocycles. The van der Waals surface area contributed by atoms with Crippen LogP contribution in [0.15, 0.2) is 23.6 Å². The van der Waals surface area contributed by atoms with Crippen LogP contribution >= 0.6 is 11.3 Å². The zero-order valence-corrected chi connectivity index (χ0v) is 14.8. The molecule has 124 valence electrons. The van der Waals surface area contributed by atoms with E-state index >= 15 is 0 Å². The minimum absolute atomic E-state index is 0.00136. The molecular weight excluding hydrogens is 308 g/mol. The first-order valence-corrected chi connectivity index (χ1v) is 9.06. The first-order valence-electron chi connectivity index (χ1n) is 8.18. The fraction of sp³-hybridized carbons (Fsp3) is 0.500. The van der Waals surface area contributed by atoms with Crippen molar-refractivity contribution >= 4 is 17.2 Å². The number of amides is 1. The van der Waals surface area contributed by atoms with Crippen molar-refractivity contribution in [2.75, 3.05) is 6.61 Å². The van der Waals surface area contributed by atoms with Crippen molar-refractivity contribution in [3.8, 4) is 0 Å². The fourth-order valence-electron chi connectivity index (χ4n) is 3.21. The molecule has 1 aliphatic heterocycles. The molecule has 4 nitrogen and oxygen atoms in total. The number of carbonyl (C=O) groups is 1. The van der Waals surface area contributed by atoms with Gasteiger partial charge in [0.05, 0.1) is 24.3 Å². The number of hydrogen-bond acceptors (Lipinski definition) is 3. The summed E-state index contributed by atoms with van der Waals surface area (Å²) in [7, 11) is 0. The maximum atomic E-state index is 12.6. The first kappa shape index (κ1) is 16.3. The molecule has 1 amide bonds. The van der Waals surface area contributed by atoms with Crippen molar-refractivity contribution in [2.24, 2.45) is 0 Å². The van der Waals surface area contributed by atoms with Gasteiger partial charge in [0, 0.05) is 22.9 Å². The Kier molecular flexibility index (Phi) is 4.87. The van der Waals surface area contributed by atoms with Gasteiger partial charge in [-0.15, -0.1) is 11.3 Å². The van der Waals surface area contributed by atoms with Gasteiger partial charge in [0.25, 0.3) is 5.91 Å². The molecular formula is C18H24N2O2S. The largest absolute Gasteiger partial charge is 0.376 e. The highest BCUT2D eigenvalue weighted by molar-refractivity contribution is 7.09. The summed E-state index contributed by atoms with van der Waals surface area (Å²) in [5, 5.41) is 5.19. The van der Waals surface area contributed by atoms with Crippen LogP contribution in [0, 0.1) is 13.8 Å². The Bertz CT molecular complexity index is 670. The number of thiophene rings is 1. The summed E-state index contributed by atoms with van der Waals surface area (Å²) >= 11 is 1.74. The van der Waals surface area contributed by atoms with Gasteiger partial charge in [-0.3, -0.25) is 4.79 Å². The molecule has 3 heterocycles. The van der Waals surface area contributed by atoms with Crippen molar-refractivity contribution < 1.29 is 9.53 Å². The van der Waals surface area contributed by atoms with Crippen molar-refractivity contribution in [1.82, 2.24) is 9.88 Å². The summed E-state index contributed by atoms with van der Waals surface area (Å²) in [6.07, 6.45) is 2.26. The van der Waals surface area contributed by atoms with Crippen molar-refractivity contribution in [2.45, 2.75) is 52.3 Å². The maximum Gasteiger partial charge on any atom is 0.253 e. The summed E-state index contributed by atoms with van der Waals surface area (Å²) in [6, 6.07) is 6.22. The predicted molar refractivity (Wildman–Crippen MR) is 93.2 cm³/mol. The molecule has 5 heteroatoms. The van der Waals surface area contributed by atoms with Crippen LogP contribution < -0.4 is 5.32 Å². The van der Waals surface area contributed by atoms with Gasteiger partial charge >= 0.3 is 0 Å². The van der Waals surface area contributed by atoms with Gasteiger partial charge in [0.2, 0.25) is 0 Å². The number of nitrogens with one attached hydrogen (secondary N) is 1. The molecule has 0 radical (unpaired) electrons. The number of rotatable bonds is 5. The molecule has 0 unspecified atom stereocenters. The lowest BCUT2D eigenvalue weighted by molar-refractivity contribution is 0.0712. The Morgan fingerprint density at radius 1 is 1.52 bits per heavy atom. The molecule has 3 rings (SSSR count). The third kappa shape index (κ3) is 3.51. The van der Waals surface area contributed by atoms with Crippen LogP contribution in [0.3, 0.4) is 0 Å². The van der Waals surface area contributed by atoms with Crippen LogP contribution in [0.2, 0.25) is 0 Å². The SMILES string of the molecule is Cc1cc(C(=O)N[C@H](C)[C@H]2CCCO2)c(C)n1Cc1cccs1. The van der Waals surface area contributed by atoms with Gasteiger partial charge in [-0.1, -0.05) is 6.07 Å². The van der Waals surface area contributed by atoms with Crippen LogP contribution in [0.1, 0.15) is 46.4 Å². The summed E-state index contributed by atoms with van der Waals surface area (Å²) in [5.74, 6) is -0.00136. The zero-order chi connectivity index (χ0) is 16.4. The van der Waals surface area contributed by atoms with Crippen LogP contribution in [-0.4, -0.2) is 29.2 Å². The summed E-state index contributed by atoms with van der Waals surface area (Å²) in [4.78, 5) is 13.9. The van der Waals surface area contributed by atoms with Crippen LogP contribution in [0.25, 0.3) is 0 Å². The summed E-state index contributed by atoms with van der Waals surface area (Å²) < 4.78 is 7.87. The highest BCUT2D eigenvalue weighted by Crippen LogP contribution is 2.20. The Morgan fingerprint density at radius 2 is 2.35 bits per heavy atom. The van der Waals surface area contributed by atoms with Crippen LogP contribution in [0.4, 0.5) is 0 Å². The van der Waals surface area contributed by atoms with E-state index < -0.39 is 0 Å². The van der Waals surface area contributed by atoms with E-state index in [0.29, 0.717) is 0 Å². The normalized spacial score (nSPS) is 19.0. The molecule has 2 aromatic heterocycles. The monoisotopic (exact) mass is 332 g/mol. The van der Waals surface area contributed by atoms with Gasteiger partial charge in [-0.2, -0.15) is 0 Å². The molecule has 1 N–H and O–H groups in total. The Morgan fingerprint density at radius 3 is 3.00 bits per heavy atom. The average Bonchev–Trinajstić information content (AvgIpc) is 3.25. The predicted octanol–water partition coefficient (Wildman–Crippen LogP) is 3.51. The Labute approximate surface area is 141 Å². The first-order chi connectivity index (χ1) is 11.1. The van der Waals surface area contributed by atoms with E-state index in [1.54, 1.807) is 11.3 Å². The standard InChI is InChI=1S/C18H24N2O2S/c1-12-10-16(14(3)20(12)11-15-6-5-9-23-15)18(21)19-13(2)17-7-4-8-22-17/h5-6,9-10,13,17H,4,7-8,11H2,1-3H3,(H,19,21)/t13-,17-/m1/s1. The molecule has 1 fully saturated rings. The average molecular weight is 332 g/mol. The van der Waals surface area contributed by atoms with E-state index in [-0.39, 0.29) is 18.1 Å². The number of carbonyl (C=O) groups excluding carboxylic acids is 1. The van der Waals surface area contributed by atoms with E-state index in [1.807, 2.05) is 19.9 Å². The van der Waals surface area contributed by atoms with E-state index in [2.05, 4.69) is 34.3 Å². The molecule has 0 bridgehead atoms. The van der Waals surface area contributed by atoms with Gasteiger partial charge in [-0.05, 0) is 51.1 Å². The zero-order valence-electron chi connectivity index (χ0n) is 14.0. The quantitative estimate of drug-likeness (QED) is 0.910. The minimum Gasteiger partial charge on any atom is -0.376 e. The van der Waals surface area contributed by atoms with Gasteiger partial charge in [0.1, 0.15) is 0 Å². The fourth-order valence-corrected chi connectivity index (χ4v) is 3.90. The van der Waals surface area contributed by atoms with Crippen molar-refractivity contribution in [3.05, 3.63) is 45.4 Å². The molecule has 23 heavy (non-hydrogen) atoms. The molecule has 2 atom stereocenters. The molecule has 1 aliphatic rings. The lowest BCUT2D eigenvalue weighted by Crippen LogP contribution is -2.41. The van der Waals surface area contributed by atoms with E-state index in [9.17, 15) is 4.79 Å². The van der Waals surface area contributed by atoms with Crippen molar-refractivity contribution in [3.63, 3.8) is 0 Å². The van der Waals surface area contributed by atoms with Gasteiger partial charge in [-0.25, -0.2) is 0 Å². The van der Waals surface area contributed by atoms with E-state index in [1.165, 1.54) is 4.88 Å². The maximum absolute atomic E-state index is 12.6. The number of nitrogens with zero attached hydrogens (tertiary/aromatic N) is 1. The summed E-state index contributed by atoms with van der Waals surface area (Å²) in [6.45, 7) is 7.73. The number of aryl methyl sites for hydroxylation is 1. The third-order valence-electron chi connectivity index (χ3n) is 4.59.